The summed E-state index contributed by atoms with van der Waals surface area (Å²) < 4.78 is 0.584. The van der Waals surface area contributed by atoms with Crippen molar-refractivity contribution in [3.63, 3.8) is 0 Å². The Bertz CT molecular complexity index is 773. The molecule has 6 heteroatoms. The van der Waals surface area contributed by atoms with Crippen molar-refractivity contribution < 1.29 is 9.59 Å². The Morgan fingerprint density at radius 1 is 1.29 bits per heavy atom. The van der Waals surface area contributed by atoms with E-state index in [0.717, 1.165) is 31.4 Å². The van der Waals surface area contributed by atoms with E-state index in [1.54, 1.807) is 4.90 Å². The summed E-state index contributed by atoms with van der Waals surface area (Å²) in [6, 6.07) is 8.45. The van der Waals surface area contributed by atoms with Gasteiger partial charge in [-0.3, -0.25) is 14.5 Å². The van der Waals surface area contributed by atoms with Crippen molar-refractivity contribution in [2.45, 2.75) is 58.4 Å². The number of carbonyl (C=O) groups excluding carboxylic acids is 2. The monoisotopic (exact) mass is 416 g/mol. The van der Waals surface area contributed by atoms with E-state index in [2.05, 4.69) is 6.92 Å². The van der Waals surface area contributed by atoms with Crippen LogP contribution in [0.5, 0.6) is 0 Å². The van der Waals surface area contributed by atoms with Crippen LogP contribution in [0.25, 0.3) is 6.08 Å². The number of benzene rings is 1. The van der Waals surface area contributed by atoms with E-state index in [0.29, 0.717) is 34.7 Å². The molecule has 1 unspecified atom stereocenters. The highest BCUT2D eigenvalue weighted by Gasteiger charge is 2.32. The maximum Gasteiger partial charge on any atom is 0.266 e. The molecule has 2 saturated heterocycles. The largest absolute Gasteiger partial charge is 0.340 e. The zero-order valence-corrected chi connectivity index (χ0v) is 18.3. The summed E-state index contributed by atoms with van der Waals surface area (Å²) in [6.45, 7) is 5.57. The second-order valence-electron chi connectivity index (χ2n) is 7.49. The molecule has 28 heavy (non-hydrogen) atoms. The Morgan fingerprint density at radius 3 is 2.75 bits per heavy atom. The maximum absolute atomic E-state index is 12.7. The molecule has 0 spiro atoms. The van der Waals surface area contributed by atoms with Crippen molar-refractivity contribution in [1.82, 2.24) is 9.80 Å². The number of thiocarbonyl (C=S) groups is 1. The zero-order valence-electron chi connectivity index (χ0n) is 16.6. The number of piperidine rings is 1. The van der Waals surface area contributed by atoms with E-state index in [-0.39, 0.29) is 11.8 Å². The van der Waals surface area contributed by atoms with Gasteiger partial charge in [-0.1, -0.05) is 60.7 Å². The molecule has 0 aromatic heterocycles. The van der Waals surface area contributed by atoms with Crippen LogP contribution in [0.15, 0.2) is 29.2 Å². The smallest absolute Gasteiger partial charge is 0.266 e. The third-order valence-corrected chi connectivity index (χ3v) is 6.82. The van der Waals surface area contributed by atoms with Crippen LogP contribution in [0, 0.1) is 6.92 Å². The minimum atomic E-state index is -0.0487. The fourth-order valence-corrected chi connectivity index (χ4v) is 5.10. The Balaban J connectivity index is 1.54. The van der Waals surface area contributed by atoms with Crippen molar-refractivity contribution in [1.29, 1.82) is 0 Å². The zero-order chi connectivity index (χ0) is 20.1. The predicted molar refractivity (Wildman–Crippen MR) is 120 cm³/mol. The van der Waals surface area contributed by atoms with Crippen LogP contribution in [0.3, 0.4) is 0 Å². The third-order valence-electron chi connectivity index (χ3n) is 5.44. The molecule has 150 valence electrons. The molecule has 2 aliphatic rings. The predicted octanol–water partition coefficient (Wildman–Crippen LogP) is 4.77. The van der Waals surface area contributed by atoms with E-state index in [1.807, 2.05) is 42.2 Å². The van der Waals surface area contributed by atoms with Crippen molar-refractivity contribution in [2.75, 3.05) is 13.1 Å². The molecule has 2 heterocycles. The van der Waals surface area contributed by atoms with Gasteiger partial charge in [-0.25, -0.2) is 0 Å². The number of hydrogen-bond donors (Lipinski definition) is 0. The molecule has 1 atom stereocenters. The van der Waals surface area contributed by atoms with Gasteiger partial charge in [0, 0.05) is 25.6 Å². The lowest BCUT2D eigenvalue weighted by Crippen LogP contribution is -2.43. The summed E-state index contributed by atoms with van der Waals surface area (Å²) in [6.07, 6.45) is 7.46. The number of aryl methyl sites for hydroxylation is 1. The number of nitrogens with zero attached hydrogens (tertiary/aromatic N) is 2. The Labute approximate surface area is 177 Å². The lowest BCUT2D eigenvalue weighted by Gasteiger charge is -2.35. The first kappa shape index (κ1) is 21.1. The molecule has 1 aromatic carbocycles. The Kier molecular flexibility index (Phi) is 7.30. The summed E-state index contributed by atoms with van der Waals surface area (Å²) in [4.78, 5) is 29.7. The maximum atomic E-state index is 12.7. The number of hydrogen-bond acceptors (Lipinski definition) is 4. The molecule has 2 fully saturated rings. The average molecular weight is 417 g/mol. The summed E-state index contributed by atoms with van der Waals surface area (Å²) in [5, 5.41) is 0. The molecule has 0 N–H and O–H groups in total. The molecule has 3 rings (SSSR count). The van der Waals surface area contributed by atoms with Gasteiger partial charge >= 0.3 is 0 Å². The van der Waals surface area contributed by atoms with E-state index in [4.69, 9.17) is 12.2 Å². The summed E-state index contributed by atoms with van der Waals surface area (Å²) in [5.74, 6) is 0.166. The van der Waals surface area contributed by atoms with Crippen molar-refractivity contribution >= 4 is 46.2 Å². The normalized spacial score (nSPS) is 21.6. The highest BCUT2D eigenvalue weighted by atomic mass is 32.2. The SMILES string of the molecule is CCC1CCCCN1C(=O)CCCN1C(=O)C(=Cc2ccc(C)cc2)SC1=S. The standard InChI is InChI=1S/C22H28N2O2S2/c1-3-18-7-4-5-13-23(18)20(25)8-6-14-24-21(26)19(28-22(24)27)15-17-11-9-16(2)10-12-17/h9-12,15,18H,3-8,13-14H2,1-2H3. The van der Waals surface area contributed by atoms with Gasteiger partial charge in [-0.2, -0.15) is 0 Å². The van der Waals surface area contributed by atoms with E-state index in [9.17, 15) is 9.59 Å². The fourth-order valence-electron chi connectivity index (χ4n) is 3.79. The molecule has 0 saturated carbocycles. The van der Waals surface area contributed by atoms with Crippen molar-refractivity contribution in [3.05, 3.63) is 40.3 Å². The molecular formula is C22H28N2O2S2. The van der Waals surface area contributed by atoms with Crippen LogP contribution < -0.4 is 0 Å². The molecule has 0 radical (unpaired) electrons. The molecule has 0 bridgehead atoms. The molecule has 1 aromatic rings. The number of likely N-dealkylation sites (tertiary alicyclic amines) is 1. The molecule has 4 nitrogen and oxygen atoms in total. The first-order valence-electron chi connectivity index (χ1n) is 10.1. The van der Waals surface area contributed by atoms with Gasteiger partial charge in [-0.05, 0) is 50.7 Å². The topological polar surface area (TPSA) is 40.6 Å². The van der Waals surface area contributed by atoms with E-state index in [1.165, 1.54) is 23.7 Å². The number of rotatable bonds is 6. The van der Waals surface area contributed by atoms with Crippen molar-refractivity contribution in [2.24, 2.45) is 0 Å². The first-order valence-corrected chi connectivity index (χ1v) is 11.3. The molecular weight excluding hydrogens is 388 g/mol. The highest BCUT2D eigenvalue weighted by Crippen LogP contribution is 2.32. The summed E-state index contributed by atoms with van der Waals surface area (Å²) in [5.41, 5.74) is 2.19. The lowest BCUT2D eigenvalue weighted by molar-refractivity contribution is -0.135. The molecule has 0 aliphatic carbocycles. The summed E-state index contributed by atoms with van der Waals surface area (Å²) in [7, 11) is 0. The fraction of sp³-hybridized carbons (Fsp3) is 0.500. The lowest BCUT2D eigenvalue weighted by atomic mass is 9.99. The van der Waals surface area contributed by atoms with Crippen LogP contribution >= 0.6 is 24.0 Å². The quantitative estimate of drug-likeness (QED) is 0.495. The molecule has 2 amide bonds. The van der Waals surface area contributed by atoms with Gasteiger partial charge in [0.15, 0.2) is 0 Å². The van der Waals surface area contributed by atoms with Crippen molar-refractivity contribution in [3.8, 4) is 0 Å². The van der Waals surface area contributed by atoms with Crippen LogP contribution in [0.4, 0.5) is 0 Å². The Hall–Kier alpha value is -1.66. The number of thioether (sulfide) groups is 1. The van der Waals surface area contributed by atoms with Gasteiger partial charge in [-0.15, -0.1) is 0 Å². The second kappa shape index (κ2) is 9.70. The van der Waals surface area contributed by atoms with E-state index >= 15 is 0 Å². The van der Waals surface area contributed by atoms with Gasteiger partial charge in [0.25, 0.3) is 5.91 Å². The van der Waals surface area contributed by atoms with Gasteiger partial charge in [0.1, 0.15) is 4.32 Å². The summed E-state index contributed by atoms with van der Waals surface area (Å²) >= 11 is 6.75. The van der Waals surface area contributed by atoms with Gasteiger partial charge in [0.05, 0.1) is 4.91 Å². The van der Waals surface area contributed by atoms with Crippen LogP contribution in [0.2, 0.25) is 0 Å². The van der Waals surface area contributed by atoms with Gasteiger partial charge in [0.2, 0.25) is 5.91 Å². The number of carbonyl (C=O) groups is 2. The van der Waals surface area contributed by atoms with E-state index < -0.39 is 0 Å². The third kappa shape index (κ3) is 5.03. The first-order chi connectivity index (χ1) is 13.5. The minimum absolute atomic E-state index is 0.0487. The highest BCUT2D eigenvalue weighted by molar-refractivity contribution is 8.26. The second-order valence-corrected chi connectivity index (χ2v) is 9.17. The van der Waals surface area contributed by atoms with Gasteiger partial charge < -0.3 is 4.90 Å². The Morgan fingerprint density at radius 2 is 2.04 bits per heavy atom. The van der Waals surface area contributed by atoms with Crippen LogP contribution in [-0.2, 0) is 9.59 Å². The number of amides is 2. The van der Waals surface area contributed by atoms with Crippen LogP contribution in [0.1, 0.15) is 56.6 Å². The average Bonchev–Trinajstić information content (AvgIpc) is 2.96. The molecule has 2 aliphatic heterocycles. The van der Waals surface area contributed by atoms with Crippen LogP contribution in [-0.4, -0.2) is 45.1 Å². The minimum Gasteiger partial charge on any atom is -0.340 e.